The van der Waals surface area contributed by atoms with Gasteiger partial charge in [0.25, 0.3) is 0 Å². The van der Waals surface area contributed by atoms with Crippen molar-refractivity contribution in [2.75, 3.05) is 0 Å². The molecule has 1 aromatic rings. The van der Waals surface area contributed by atoms with E-state index >= 15 is 0 Å². The summed E-state index contributed by atoms with van der Waals surface area (Å²) in [4.78, 5) is 15.3. The van der Waals surface area contributed by atoms with E-state index in [-0.39, 0.29) is 5.78 Å². The first kappa shape index (κ1) is 11.1. The van der Waals surface area contributed by atoms with Gasteiger partial charge >= 0.3 is 0 Å². The molecule has 0 spiro atoms. The number of Topliss-reactive ketones (excluding diaryl/α,β-unsaturated/α-hetero) is 1. The minimum Gasteiger partial charge on any atom is -0.294 e. The zero-order valence-corrected chi connectivity index (χ0v) is 9.15. The summed E-state index contributed by atoms with van der Waals surface area (Å²) in [6.07, 6.45) is 0.432. The lowest BCUT2D eigenvalue weighted by atomic mass is 10.1. The highest BCUT2D eigenvalue weighted by Gasteiger charge is 2.08. The molecule has 0 heterocycles. The molecular formula is C10H8ClNOS. The van der Waals surface area contributed by atoms with Gasteiger partial charge in [0.15, 0.2) is 5.78 Å². The number of carbonyl (C=O) groups excluding carboxylic acids is 1. The number of rotatable bonds is 3. The molecule has 0 fully saturated rings. The van der Waals surface area contributed by atoms with Crippen molar-refractivity contribution in [3.05, 3.63) is 28.8 Å². The molecule has 72 valence electrons. The molecule has 0 saturated carbocycles. The number of halogens is 1. The standard InChI is InChI=1S/C10H8ClNOS/c1-2-10(13)8-4-3-7(11)5-9(8)12-6-14/h3-5H,2H2,1H3. The molecule has 1 rings (SSSR count). The van der Waals surface area contributed by atoms with E-state index in [9.17, 15) is 4.79 Å². The number of isothiocyanates is 1. The van der Waals surface area contributed by atoms with E-state index < -0.39 is 0 Å². The molecular weight excluding hydrogens is 218 g/mol. The Bertz CT molecular complexity index is 411. The molecule has 0 bridgehead atoms. The zero-order chi connectivity index (χ0) is 10.6. The molecule has 0 radical (unpaired) electrons. The summed E-state index contributed by atoms with van der Waals surface area (Å²) in [5.41, 5.74) is 1.02. The van der Waals surface area contributed by atoms with E-state index in [1.54, 1.807) is 25.1 Å². The number of carbonyl (C=O) groups is 1. The Balaban J connectivity index is 3.28. The summed E-state index contributed by atoms with van der Waals surface area (Å²) < 4.78 is 0. The lowest BCUT2D eigenvalue weighted by molar-refractivity contribution is 0.0989. The Morgan fingerprint density at radius 1 is 1.64 bits per heavy atom. The molecule has 2 nitrogen and oxygen atoms in total. The number of nitrogens with zero attached hydrogens (tertiary/aromatic N) is 1. The Labute approximate surface area is 92.6 Å². The van der Waals surface area contributed by atoms with Crippen LogP contribution in [0, 0.1) is 0 Å². The van der Waals surface area contributed by atoms with Crippen molar-refractivity contribution in [2.24, 2.45) is 4.99 Å². The van der Waals surface area contributed by atoms with E-state index in [1.165, 1.54) is 0 Å². The van der Waals surface area contributed by atoms with E-state index in [0.29, 0.717) is 22.7 Å². The third kappa shape index (κ3) is 2.48. The van der Waals surface area contributed by atoms with Crippen LogP contribution in [0.3, 0.4) is 0 Å². The van der Waals surface area contributed by atoms with Crippen molar-refractivity contribution in [3.8, 4) is 0 Å². The van der Waals surface area contributed by atoms with Gasteiger partial charge in [-0.1, -0.05) is 18.5 Å². The zero-order valence-electron chi connectivity index (χ0n) is 7.58. The van der Waals surface area contributed by atoms with E-state index in [0.717, 1.165) is 0 Å². The highest BCUT2D eigenvalue weighted by Crippen LogP contribution is 2.24. The van der Waals surface area contributed by atoms with Crippen LogP contribution in [0.5, 0.6) is 0 Å². The third-order valence-corrected chi connectivity index (χ3v) is 2.07. The number of benzene rings is 1. The van der Waals surface area contributed by atoms with Crippen molar-refractivity contribution in [1.82, 2.24) is 0 Å². The Morgan fingerprint density at radius 3 is 2.93 bits per heavy atom. The average molecular weight is 226 g/mol. The van der Waals surface area contributed by atoms with Crippen molar-refractivity contribution in [1.29, 1.82) is 0 Å². The van der Waals surface area contributed by atoms with Gasteiger partial charge < -0.3 is 0 Å². The van der Waals surface area contributed by atoms with Crippen LogP contribution in [-0.2, 0) is 0 Å². The van der Waals surface area contributed by atoms with Gasteiger partial charge in [0.1, 0.15) is 0 Å². The van der Waals surface area contributed by atoms with Crippen LogP contribution in [0.25, 0.3) is 0 Å². The Hall–Kier alpha value is -1.02. The minimum absolute atomic E-state index is 0.0191. The highest BCUT2D eigenvalue weighted by molar-refractivity contribution is 7.78. The van der Waals surface area contributed by atoms with Crippen LogP contribution in [-0.4, -0.2) is 10.9 Å². The molecule has 1 aromatic carbocycles. The maximum Gasteiger partial charge on any atom is 0.164 e. The third-order valence-electron chi connectivity index (χ3n) is 1.75. The van der Waals surface area contributed by atoms with Crippen molar-refractivity contribution >= 4 is 40.5 Å². The average Bonchev–Trinajstić information content (AvgIpc) is 2.17. The Morgan fingerprint density at radius 2 is 2.36 bits per heavy atom. The van der Waals surface area contributed by atoms with Crippen molar-refractivity contribution in [2.45, 2.75) is 13.3 Å². The number of thiocarbonyl (C=S) groups is 1. The highest BCUT2D eigenvalue weighted by atomic mass is 35.5. The van der Waals surface area contributed by atoms with Gasteiger partial charge in [0.05, 0.1) is 10.8 Å². The molecule has 0 aliphatic rings. The predicted octanol–water partition coefficient (Wildman–Crippen LogP) is 3.67. The molecule has 0 aliphatic carbocycles. The molecule has 0 aromatic heterocycles. The number of aliphatic imine (C=N–C) groups is 1. The first-order valence-electron chi connectivity index (χ1n) is 4.09. The summed E-state index contributed by atoms with van der Waals surface area (Å²) in [6, 6.07) is 4.91. The number of hydrogen-bond acceptors (Lipinski definition) is 3. The smallest absolute Gasteiger partial charge is 0.164 e. The fourth-order valence-electron chi connectivity index (χ4n) is 1.07. The monoisotopic (exact) mass is 225 g/mol. The van der Waals surface area contributed by atoms with Gasteiger partial charge in [-0.05, 0) is 30.4 Å². The van der Waals surface area contributed by atoms with Crippen LogP contribution < -0.4 is 0 Å². The number of ketones is 1. The van der Waals surface area contributed by atoms with E-state index in [2.05, 4.69) is 22.4 Å². The summed E-state index contributed by atoms with van der Waals surface area (Å²) in [6.45, 7) is 1.79. The van der Waals surface area contributed by atoms with E-state index in [4.69, 9.17) is 11.6 Å². The quantitative estimate of drug-likeness (QED) is 0.446. The SMILES string of the molecule is CCC(=O)c1ccc(Cl)cc1N=C=S. The lowest BCUT2D eigenvalue weighted by Gasteiger charge is -2.01. The van der Waals surface area contributed by atoms with E-state index in [1.807, 2.05) is 0 Å². The molecule has 0 N–H and O–H groups in total. The normalized spacial score (nSPS) is 9.29. The van der Waals surface area contributed by atoms with Gasteiger partial charge in [0.2, 0.25) is 0 Å². The first-order valence-corrected chi connectivity index (χ1v) is 4.88. The van der Waals surface area contributed by atoms with Gasteiger partial charge in [-0.25, -0.2) is 0 Å². The molecule has 0 amide bonds. The maximum absolute atomic E-state index is 11.5. The lowest BCUT2D eigenvalue weighted by Crippen LogP contribution is -1.96. The first-order chi connectivity index (χ1) is 6.69. The van der Waals surface area contributed by atoms with Crippen molar-refractivity contribution < 1.29 is 4.79 Å². The fourth-order valence-corrected chi connectivity index (χ4v) is 1.34. The van der Waals surface area contributed by atoms with Gasteiger partial charge in [-0.3, -0.25) is 4.79 Å². The van der Waals surface area contributed by atoms with Crippen molar-refractivity contribution in [3.63, 3.8) is 0 Å². The Kier molecular flexibility index (Phi) is 3.96. The summed E-state index contributed by atoms with van der Waals surface area (Å²) in [5.74, 6) is 0.0191. The molecule has 0 saturated heterocycles. The predicted molar refractivity (Wildman–Crippen MR) is 60.8 cm³/mol. The maximum atomic E-state index is 11.5. The molecule has 0 atom stereocenters. The van der Waals surface area contributed by atoms with Gasteiger partial charge in [-0.15, -0.1) is 0 Å². The summed E-state index contributed by atoms with van der Waals surface area (Å²) in [7, 11) is 0. The summed E-state index contributed by atoms with van der Waals surface area (Å²) in [5, 5.41) is 2.76. The van der Waals surface area contributed by atoms with Crippen LogP contribution in [0.4, 0.5) is 5.69 Å². The second kappa shape index (κ2) is 5.01. The van der Waals surface area contributed by atoms with Gasteiger partial charge in [0, 0.05) is 17.0 Å². The second-order valence-corrected chi connectivity index (χ2v) is 3.26. The molecule has 4 heteroatoms. The van der Waals surface area contributed by atoms with Crippen LogP contribution in [0.15, 0.2) is 23.2 Å². The largest absolute Gasteiger partial charge is 0.294 e. The van der Waals surface area contributed by atoms with Gasteiger partial charge in [-0.2, -0.15) is 4.99 Å². The number of hydrogen-bond donors (Lipinski definition) is 0. The van der Waals surface area contributed by atoms with Crippen LogP contribution in [0.1, 0.15) is 23.7 Å². The molecule has 0 unspecified atom stereocenters. The minimum atomic E-state index is 0.0191. The molecule has 14 heavy (non-hydrogen) atoms. The second-order valence-electron chi connectivity index (χ2n) is 2.64. The molecule has 0 aliphatic heterocycles. The fraction of sp³-hybridized carbons (Fsp3) is 0.200. The summed E-state index contributed by atoms with van der Waals surface area (Å²) >= 11 is 10.3. The van der Waals surface area contributed by atoms with Crippen LogP contribution in [0.2, 0.25) is 5.02 Å². The van der Waals surface area contributed by atoms with Crippen LogP contribution >= 0.6 is 23.8 Å². The topological polar surface area (TPSA) is 29.4 Å².